The second kappa shape index (κ2) is 4.54. The number of benzene rings is 1. The van der Waals surface area contributed by atoms with Crippen LogP contribution < -0.4 is 0 Å². The van der Waals surface area contributed by atoms with Crippen LogP contribution in [0.3, 0.4) is 0 Å². The molecule has 0 aliphatic heterocycles. The van der Waals surface area contributed by atoms with Crippen molar-refractivity contribution in [2.24, 2.45) is 0 Å². The van der Waals surface area contributed by atoms with Gasteiger partial charge in [0.05, 0.1) is 15.9 Å². The van der Waals surface area contributed by atoms with Gasteiger partial charge in [-0.1, -0.05) is 24.4 Å². The highest BCUT2D eigenvalue weighted by molar-refractivity contribution is 7.89. The van der Waals surface area contributed by atoms with Crippen molar-refractivity contribution in [1.29, 1.82) is 0 Å². The molecule has 1 heterocycles. The molecule has 0 fully saturated rings. The van der Waals surface area contributed by atoms with Crippen molar-refractivity contribution < 1.29 is 8.42 Å². The van der Waals surface area contributed by atoms with Gasteiger partial charge in [-0.15, -0.1) is 0 Å². The van der Waals surface area contributed by atoms with E-state index < -0.39 is 10.0 Å². The summed E-state index contributed by atoms with van der Waals surface area (Å²) in [5, 5.41) is 0. The summed E-state index contributed by atoms with van der Waals surface area (Å²) in [6.45, 7) is 0. The van der Waals surface area contributed by atoms with E-state index in [4.69, 9.17) is 24.4 Å². The van der Waals surface area contributed by atoms with Gasteiger partial charge in [0.2, 0.25) is 10.0 Å². The maximum absolute atomic E-state index is 12.0. The van der Waals surface area contributed by atoms with Gasteiger partial charge in [-0.05, 0) is 18.2 Å². The number of rotatable bonds is 2. The molecule has 0 aliphatic rings. The van der Waals surface area contributed by atoms with Gasteiger partial charge in [0, 0.05) is 14.1 Å². The molecule has 2 N–H and O–H groups in total. The van der Waals surface area contributed by atoms with Crippen LogP contribution in [0.5, 0.6) is 0 Å². The molecule has 2 aromatic rings. The molecule has 0 unspecified atom stereocenters. The highest BCUT2D eigenvalue weighted by atomic mass is 32.2. The average molecular weight is 301 g/mol. The maximum Gasteiger partial charge on any atom is 0.242 e. The van der Waals surface area contributed by atoms with E-state index in [1.165, 1.54) is 26.2 Å². The molecule has 0 spiro atoms. The lowest BCUT2D eigenvalue weighted by molar-refractivity contribution is 0.521. The first-order valence-electron chi connectivity index (χ1n) is 5.01. The van der Waals surface area contributed by atoms with E-state index in [9.17, 15) is 8.42 Å². The molecule has 0 radical (unpaired) electrons. The number of aromatic nitrogens is 2. The third-order valence-electron chi connectivity index (χ3n) is 2.47. The summed E-state index contributed by atoms with van der Waals surface area (Å²) in [6, 6.07) is 4.72. The molecule has 0 amide bonds. The van der Waals surface area contributed by atoms with Gasteiger partial charge in [0.1, 0.15) is 9.28 Å². The van der Waals surface area contributed by atoms with Gasteiger partial charge >= 0.3 is 0 Å². The van der Waals surface area contributed by atoms with Crippen LogP contribution in [0, 0.1) is 9.28 Å². The van der Waals surface area contributed by atoms with Crippen LogP contribution in [-0.4, -0.2) is 36.8 Å². The molecule has 0 atom stereocenters. The first kappa shape index (κ1) is 13.3. The molecule has 2 rings (SSSR count). The summed E-state index contributed by atoms with van der Waals surface area (Å²) in [5.74, 6) is 0. The van der Waals surface area contributed by atoms with E-state index >= 15 is 0 Å². The van der Waals surface area contributed by atoms with Gasteiger partial charge in [-0.3, -0.25) is 0 Å². The van der Waals surface area contributed by atoms with Crippen LogP contribution in [-0.2, 0) is 10.0 Å². The van der Waals surface area contributed by atoms with Crippen LogP contribution in [0.15, 0.2) is 23.1 Å². The van der Waals surface area contributed by atoms with E-state index in [0.29, 0.717) is 20.3 Å². The fraction of sp³-hybridized carbons (Fsp3) is 0.200. The van der Waals surface area contributed by atoms with E-state index in [-0.39, 0.29) is 4.90 Å². The molecule has 96 valence electrons. The fourth-order valence-electron chi connectivity index (χ4n) is 1.47. The number of sulfonamides is 1. The minimum Gasteiger partial charge on any atom is -0.342 e. The number of hydrogen-bond donors (Lipinski definition) is 2. The highest BCUT2D eigenvalue weighted by Gasteiger charge is 2.17. The topological polar surface area (TPSA) is 69.0 Å². The predicted molar refractivity (Wildman–Crippen MR) is 75.2 cm³/mol. The Bertz CT molecular complexity index is 818. The van der Waals surface area contributed by atoms with Crippen molar-refractivity contribution in [2.75, 3.05) is 14.1 Å². The van der Waals surface area contributed by atoms with Crippen LogP contribution in [0.4, 0.5) is 0 Å². The first-order valence-corrected chi connectivity index (χ1v) is 7.27. The fourth-order valence-corrected chi connectivity index (χ4v) is 2.72. The molecule has 1 aromatic heterocycles. The van der Waals surface area contributed by atoms with Crippen molar-refractivity contribution >= 4 is 45.5 Å². The summed E-state index contributed by atoms with van der Waals surface area (Å²) in [5.41, 5.74) is 1.32. The zero-order valence-corrected chi connectivity index (χ0v) is 12.2. The molecule has 0 bridgehead atoms. The van der Waals surface area contributed by atoms with Crippen molar-refractivity contribution in [3.05, 3.63) is 27.5 Å². The Labute approximate surface area is 115 Å². The number of H-pyrrole nitrogens is 2. The Hall–Kier alpha value is -1.09. The maximum atomic E-state index is 12.0. The Kier molecular flexibility index (Phi) is 3.37. The molecular weight excluding hydrogens is 290 g/mol. The molecule has 0 aliphatic carbocycles. The van der Waals surface area contributed by atoms with Crippen molar-refractivity contribution in [3.8, 4) is 0 Å². The summed E-state index contributed by atoms with van der Waals surface area (Å²) < 4.78 is 25.9. The Morgan fingerprint density at radius 1 is 1.06 bits per heavy atom. The minimum atomic E-state index is -3.45. The lowest BCUT2D eigenvalue weighted by Gasteiger charge is -2.11. The molecule has 0 saturated heterocycles. The largest absolute Gasteiger partial charge is 0.342 e. The molecule has 18 heavy (non-hydrogen) atoms. The Morgan fingerprint density at radius 2 is 1.61 bits per heavy atom. The number of nitrogens with zero attached hydrogens (tertiary/aromatic N) is 1. The Morgan fingerprint density at radius 3 is 2.17 bits per heavy atom. The normalized spacial score (nSPS) is 12.2. The van der Waals surface area contributed by atoms with Gasteiger partial charge in [-0.2, -0.15) is 0 Å². The minimum absolute atomic E-state index is 0.205. The number of fused-ring (bicyclic) bond motifs is 1. The van der Waals surface area contributed by atoms with Crippen LogP contribution in [0.1, 0.15) is 0 Å². The Balaban J connectivity index is 2.76. The van der Waals surface area contributed by atoms with Crippen LogP contribution in [0.25, 0.3) is 11.0 Å². The van der Waals surface area contributed by atoms with Crippen molar-refractivity contribution in [1.82, 2.24) is 14.3 Å². The van der Waals surface area contributed by atoms with Crippen molar-refractivity contribution in [2.45, 2.75) is 4.90 Å². The zero-order chi connectivity index (χ0) is 13.5. The molecule has 0 saturated carbocycles. The van der Waals surface area contributed by atoms with Gasteiger partial charge in [0.25, 0.3) is 0 Å². The molecule has 1 aromatic carbocycles. The third-order valence-corrected chi connectivity index (χ3v) is 5.02. The smallest absolute Gasteiger partial charge is 0.242 e. The number of aromatic amines is 2. The van der Waals surface area contributed by atoms with E-state index in [0.717, 1.165) is 4.31 Å². The number of hydrogen-bond acceptors (Lipinski definition) is 4. The second-order valence-electron chi connectivity index (χ2n) is 3.90. The summed E-state index contributed by atoms with van der Waals surface area (Å²) in [6.07, 6.45) is 0. The zero-order valence-electron chi connectivity index (χ0n) is 9.72. The predicted octanol–water partition coefficient (Wildman–Crippen LogP) is 2.21. The quantitative estimate of drug-likeness (QED) is 0.834. The summed E-state index contributed by atoms with van der Waals surface area (Å²) >= 11 is 10.0. The van der Waals surface area contributed by atoms with Gasteiger partial charge < -0.3 is 9.97 Å². The van der Waals surface area contributed by atoms with Gasteiger partial charge in [0.15, 0.2) is 0 Å². The highest BCUT2D eigenvalue weighted by Crippen LogP contribution is 2.18. The lowest BCUT2D eigenvalue weighted by atomic mass is 10.3. The first-order chi connectivity index (χ1) is 8.32. The van der Waals surface area contributed by atoms with E-state index in [2.05, 4.69) is 9.97 Å². The lowest BCUT2D eigenvalue weighted by Crippen LogP contribution is -2.22. The molecule has 5 nitrogen and oxygen atoms in total. The standard InChI is InChI=1S/C10H11N3O2S3/c1-13(2)18(14,15)6-3-4-7-8(5-6)12-10(17)9(16)11-7/h3-5H,1-2H3,(H,11,16)(H,12,17). The molecular formula is C10H11N3O2S3. The monoisotopic (exact) mass is 301 g/mol. The van der Waals surface area contributed by atoms with Crippen LogP contribution >= 0.6 is 24.4 Å². The SMILES string of the molecule is CN(C)S(=O)(=O)c1ccc2[nH]c(=S)c(=S)[nH]c2c1. The summed E-state index contributed by atoms with van der Waals surface area (Å²) in [7, 11) is -0.479. The van der Waals surface area contributed by atoms with Gasteiger partial charge in [-0.25, -0.2) is 12.7 Å². The summed E-state index contributed by atoms with van der Waals surface area (Å²) in [4.78, 5) is 6.05. The molecule has 8 heteroatoms. The van der Waals surface area contributed by atoms with Crippen molar-refractivity contribution in [3.63, 3.8) is 0 Å². The third kappa shape index (κ3) is 2.24. The number of nitrogens with one attached hydrogen (secondary N) is 2. The van der Waals surface area contributed by atoms with Crippen LogP contribution in [0.2, 0.25) is 0 Å². The van der Waals surface area contributed by atoms with E-state index in [1.54, 1.807) is 6.07 Å². The second-order valence-corrected chi connectivity index (χ2v) is 6.87. The van der Waals surface area contributed by atoms with E-state index in [1.807, 2.05) is 0 Å². The average Bonchev–Trinajstić information content (AvgIpc) is 2.29.